The Kier molecular flexibility index (Phi) is 2.27. The van der Waals surface area contributed by atoms with Gasteiger partial charge in [0.2, 0.25) is 0 Å². The lowest BCUT2D eigenvalue weighted by atomic mass is 9.91. The summed E-state index contributed by atoms with van der Waals surface area (Å²) in [6, 6.07) is 0. The van der Waals surface area contributed by atoms with Crippen LogP contribution >= 0.6 is 0 Å². The van der Waals surface area contributed by atoms with Gasteiger partial charge in [-0.25, -0.2) is 8.42 Å². The van der Waals surface area contributed by atoms with Crippen LogP contribution in [-0.2, 0) is 14.6 Å². The van der Waals surface area contributed by atoms with Crippen molar-refractivity contribution in [2.24, 2.45) is 11.8 Å². The summed E-state index contributed by atoms with van der Waals surface area (Å²) in [5.74, 6) is -1.04. The van der Waals surface area contributed by atoms with Crippen molar-refractivity contribution in [2.45, 2.75) is 11.7 Å². The summed E-state index contributed by atoms with van der Waals surface area (Å²) in [4.78, 5) is 10.5. The van der Waals surface area contributed by atoms with E-state index in [-0.39, 0.29) is 29.3 Å². The minimum atomic E-state index is -3.04. The van der Waals surface area contributed by atoms with Crippen LogP contribution in [0.15, 0.2) is 0 Å². The van der Waals surface area contributed by atoms with Gasteiger partial charge >= 0.3 is 5.97 Å². The van der Waals surface area contributed by atoms with E-state index < -0.39 is 15.8 Å². The highest BCUT2D eigenvalue weighted by Crippen LogP contribution is 2.36. The number of carboxylic acids is 1. The number of aliphatic carboxylic acids is 1. The molecule has 5 nitrogen and oxygen atoms in total. The zero-order valence-electron chi connectivity index (χ0n) is 7.64. The Balaban J connectivity index is 2.19. The molecule has 2 aliphatic rings. The molecular weight excluding hydrogens is 206 g/mol. The molecule has 2 heterocycles. The number of hydrogen-bond acceptors (Lipinski definition) is 4. The number of rotatable bonds is 2. The van der Waals surface area contributed by atoms with Gasteiger partial charge in [-0.15, -0.1) is 0 Å². The first kappa shape index (κ1) is 9.92. The molecule has 0 amide bonds. The van der Waals surface area contributed by atoms with Crippen LogP contribution < -0.4 is 5.32 Å². The number of fused-ring (bicyclic) bond motifs is 1. The minimum Gasteiger partial charge on any atom is -0.481 e. The summed E-state index contributed by atoms with van der Waals surface area (Å²) in [7, 11) is -3.04. The van der Waals surface area contributed by atoms with Crippen LogP contribution in [0, 0.1) is 11.8 Å². The van der Waals surface area contributed by atoms with Crippen LogP contribution in [0.2, 0.25) is 0 Å². The number of nitrogens with one attached hydrogen (secondary N) is 1. The van der Waals surface area contributed by atoms with E-state index in [0.717, 1.165) is 0 Å². The van der Waals surface area contributed by atoms with Crippen LogP contribution in [0.4, 0.5) is 0 Å². The van der Waals surface area contributed by atoms with E-state index in [1.54, 1.807) is 0 Å². The van der Waals surface area contributed by atoms with Crippen LogP contribution in [0.25, 0.3) is 0 Å². The maximum Gasteiger partial charge on any atom is 0.303 e. The van der Waals surface area contributed by atoms with Crippen molar-refractivity contribution >= 4 is 15.8 Å². The first-order chi connectivity index (χ1) is 6.50. The summed E-state index contributed by atoms with van der Waals surface area (Å²) in [5.41, 5.74) is 0. The second kappa shape index (κ2) is 3.20. The molecule has 0 aliphatic carbocycles. The standard InChI is InChI=1S/C8H13NO4S/c10-8(11)1-5-4-14(12,13)7-3-9-2-6(5)7/h5-7,9H,1-4H2,(H,10,11)/t5-,6+,7+/m0/s1. The van der Waals surface area contributed by atoms with Gasteiger partial charge in [0.05, 0.1) is 11.0 Å². The summed E-state index contributed by atoms with van der Waals surface area (Å²) >= 11 is 0. The molecule has 0 radical (unpaired) electrons. The Hall–Kier alpha value is -0.620. The molecule has 80 valence electrons. The maximum atomic E-state index is 11.6. The fourth-order valence-corrected chi connectivity index (χ4v) is 4.95. The van der Waals surface area contributed by atoms with Gasteiger partial charge in [-0.1, -0.05) is 0 Å². The van der Waals surface area contributed by atoms with E-state index in [0.29, 0.717) is 13.1 Å². The lowest BCUT2D eigenvalue weighted by Crippen LogP contribution is -2.22. The molecule has 14 heavy (non-hydrogen) atoms. The highest BCUT2D eigenvalue weighted by molar-refractivity contribution is 7.92. The van der Waals surface area contributed by atoms with E-state index in [4.69, 9.17) is 5.11 Å². The Morgan fingerprint density at radius 2 is 2.14 bits per heavy atom. The van der Waals surface area contributed by atoms with Crippen molar-refractivity contribution in [3.8, 4) is 0 Å². The quantitative estimate of drug-likeness (QED) is 0.628. The van der Waals surface area contributed by atoms with Crippen molar-refractivity contribution in [1.82, 2.24) is 5.32 Å². The first-order valence-electron chi connectivity index (χ1n) is 4.65. The topological polar surface area (TPSA) is 83.5 Å². The van der Waals surface area contributed by atoms with Gasteiger partial charge in [0.15, 0.2) is 9.84 Å². The van der Waals surface area contributed by atoms with Crippen molar-refractivity contribution < 1.29 is 18.3 Å². The van der Waals surface area contributed by atoms with Gasteiger partial charge in [-0.3, -0.25) is 4.79 Å². The zero-order valence-corrected chi connectivity index (χ0v) is 8.46. The predicted molar refractivity (Wildman–Crippen MR) is 49.7 cm³/mol. The van der Waals surface area contributed by atoms with Gasteiger partial charge in [0.1, 0.15) is 0 Å². The maximum absolute atomic E-state index is 11.6. The van der Waals surface area contributed by atoms with Gasteiger partial charge < -0.3 is 10.4 Å². The molecule has 0 bridgehead atoms. The minimum absolute atomic E-state index is 0.0103. The molecule has 2 rings (SSSR count). The Morgan fingerprint density at radius 3 is 2.79 bits per heavy atom. The van der Waals surface area contributed by atoms with Crippen molar-refractivity contribution in [2.75, 3.05) is 18.8 Å². The molecule has 6 heteroatoms. The summed E-state index contributed by atoms with van der Waals surface area (Å²) in [6.07, 6.45) is -0.0257. The van der Waals surface area contributed by atoms with E-state index in [1.165, 1.54) is 0 Å². The van der Waals surface area contributed by atoms with Crippen LogP contribution in [0.5, 0.6) is 0 Å². The third-order valence-electron chi connectivity index (χ3n) is 3.15. The van der Waals surface area contributed by atoms with Gasteiger partial charge in [0, 0.05) is 13.0 Å². The fraction of sp³-hybridized carbons (Fsp3) is 0.875. The van der Waals surface area contributed by atoms with E-state index in [1.807, 2.05) is 0 Å². The fourth-order valence-electron chi connectivity index (χ4n) is 2.52. The lowest BCUT2D eigenvalue weighted by Gasteiger charge is -2.12. The largest absolute Gasteiger partial charge is 0.481 e. The lowest BCUT2D eigenvalue weighted by molar-refractivity contribution is -0.138. The van der Waals surface area contributed by atoms with Crippen LogP contribution in [0.3, 0.4) is 0 Å². The summed E-state index contributed by atoms with van der Waals surface area (Å²) in [6.45, 7) is 1.13. The van der Waals surface area contributed by atoms with Crippen LogP contribution in [0.1, 0.15) is 6.42 Å². The second-order valence-corrected chi connectivity index (χ2v) is 6.31. The second-order valence-electron chi connectivity index (χ2n) is 4.05. The molecule has 2 fully saturated rings. The molecular formula is C8H13NO4S. The first-order valence-corrected chi connectivity index (χ1v) is 6.36. The third-order valence-corrected chi connectivity index (χ3v) is 5.48. The molecule has 2 N–H and O–H groups in total. The van der Waals surface area contributed by atoms with Gasteiger partial charge in [0.25, 0.3) is 0 Å². The van der Waals surface area contributed by atoms with Crippen molar-refractivity contribution in [1.29, 1.82) is 0 Å². The molecule has 0 aromatic heterocycles. The van der Waals surface area contributed by atoms with Crippen molar-refractivity contribution in [3.05, 3.63) is 0 Å². The summed E-state index contributed by atoms with van der Waals surface area (Å²) in [5, 5.41) is 11.3. The Morgan fingerprint density at radius 1 is 1.43 bits per heavy atom. The molecule has 0 unspecified atom stereocenters. The highest BCUT2D eigenvalue weighted by Gasteiger charge is 2.49. The van der Waals surface area contributed by atoms with E-state index in [9.17, 15) is 13.2 Å². The normalized spacial score (nSPS) is 39.6. The van der Waals surface area contributed by atoms with E-state index >= 15 is 0 Å². The zero-order chi connectivity index (χ0) is 10.3. The SMILES string of the molecule is O=C(O)C[C@H]1CS(=O)(=O)[C@@H]2CNC[C@H]12. The number of sulfone groups is 1. The highest BCUT2D eigenvalue weighted by atomic mass is 32.2. The number of carboxylic acid groups (broad SMARTS) is 1. The van der Waals surface area contributed by atoms with Crippen LogP contribution in [-0.4, -0.2) is 43.6 Å². The molecule has 0 aromatic rings. The molecule has 2 aliphatic heterocycles. The smallest absolute Gasteiger partial charge is 0.303 e. The Labute approximate surface area is 82.4 Å². The number of carbonyl (C=O) groups is 1. The van der Waals surface area contributed by atoms with E-state index in [2.05, 4.69) is 5.32 Å². The number of hydrogen-bond donors (Lipinski definition) is 2. The third kappa shape index (κ3) is 1.52. The average molecular weight is 219 g/mol. The average Bonchev–Trinajstić information content (AvgIpc) is 2.55. The predicted octanol–water partition coefficient (Wildman–Crippen LogP) is -0.906. The monoisotopic (exact) mass is 219 g/mol. The molecule has 3 atom stereocenters. The molecule has 0 saturated carbocycles. The Bertz CT molecular complexity index is 350. The van der Waals surface area contributed by atoms with Gasteiger partial charge in [-0.05, 0) is 18.4 Å². The molecule has 2 saturated heterocycles. The van der Waals surface area contributed by atoms with Gasteiger partial charge in [-0.2, -0.15) is 0 Å². The molecule has 0 spiro atoms. The van der Waals surface area contributed by atoms with Crippen molar-refractivity contribution in [3.63, 3.8) is 0 Å². The molecule has 0 aromatic carbocycles. The summed E-state index contributed by atoms with van der Waals surface area (Å²) < 4.78 is 23.2.